The van der Waals surface area contributed by atoms with Crippen LogP contribution in [0.3, 0.4) is 0 Å². The highest BCUT2D eigenvalue weighted by Gasteiger charge is 2.34. The van der Waals surface area contributed by atoms with Crippen molar-refractivity contribution in [2.24, 2.45) is 0 Å². The normalized spacial score (nSPS) is 12.3. The highest BCUT2D eigenvalue weighted by atomic mass is 32.1. The number of aromatic nitrogens is 3. The van der Waals surface area contributed by atoms with Gasteiger partial charge in [-0.1, -0.05) is 42.5 Å². The van der Waals surface area contributed by atoms with E-state index in [0.29, 0.717) is 16.8 Å². The van der Waals surface area contributed by atoms with Crippen molar-refractivity contribution in [1.29, 1.82) is 0 Å². The Morgan fingerprint density at radius 3 is 2.67 bits per heavy atom. The third-order valence-corrected chi connectivity index (χ3v) is 7.11. The fourth-order valence-electron chi connectivity index (χ4n) is 3.92. The molecule has 0 spiro atoms. The van der Waals surface area contributed by atoms with Crippen LogP contribution in [0.5, 0.6) is 5.75 Å². The summed E-state index contributed by atoms with van der Waals surface area (Å²) in [5, 5.41) is 13.5. The Bertz CT molecular complexity index is 1330. The standard InChI is InChI=1S/C27H31N5O3S/c1-5-27(2,3)28-26(34)25(19-10-8-11-20(16-19)35-4)31(17-21-12-9-15-36-21)24(33)18-32-23-14-7-6-13-22(23)29-30-32/h6-16,25H,5,17-18H2,1-4H3,(H,28,34)/t25-/m0/s1. The first kappa shape index (κ1) is 25.4. The zero-order valence-corrected chi connectivity index (χ0v) is 21.8. The van der Waals surface area contributed by atoms with Crippen molar-refractivity contribution in [1.82, 2.24) is 25.2 Å². The molecule has 0 bridgehead atoms. The van der Waals surface area contributed by atoms with Crippen molar-refractivity contribution in [3.8, 4) is 5.75 Å². The summed E-state index contributed by atoms with van der Waals surface area (Å²) in [4.78, 5) is 30.3. The first-order valence-corrected chi connectivity index (χ1v) is 12.8. The van der Waals surface area contributed by atoms with Gasteiger partial charge in [-0.3, -0.25) is 9.59 Å². The first-order chi connectivity index (χ1) is 17.3. The molecule has 8 nitrogen and oxygen atoms in total. The molecule has 2 amide bonds. The van der Waals surface area contributed by atoms with Gasteiger partial charge in [0.25, 0.3) is 0 Å². The molecule has 2 aromatic heterocycles. The van der Waals surface area contributed by atoms with E-state index in [2.05, 4.69) is 15.6 Å². The molecule has 0 aliphatic carbocycles. The van der Waals surface area contributed by atoms with Gasteiger partial charge in [-0.15, -0.1) is 16.4 Å². The molecule has 2 aromatic carbocycles. The van der Waals surface area contributed by atoms with E-state index in [1.165, 1.54) is 0 Å². The van der Waals surface area contributed by atoms with Crippen LogP contribution in [0, 0.1) is 0 Å². The van der Waals surface area contributed by atoms with Gasteiger partial charge in [0.05, 0.1) is 19.2 Å². The molecule has 9 heteroatoms. The van der Waals surface area contributed by atoms with Gasteiger partial charge in [-0.05, 0) is 61.5 Å². The van der Waals surface area contributed by atoms with Crippen LogP contribution in [0.1, 0.15) is 43.7 Å². The molecule has 2 heterocycles. The smallest absolute Gasteiger partial charge is 0.247 e. The third kappa shape index (κ3) is 5.73. The summed E-state index contributed by atoms with van der Waals surface area (Å²) < 4.78 is 7.01. The van der Waals surface area contributed by atoms with Gasteiger partial charge in [-0.2, -0.15) is 0 Å². The minimum Gasteiger partial charge on any atom is -0.497 e. The van der Waals surface area contributed by atoms with Gasteiger partial charge in [0, 0.05) is 10.4 Å². The van der Waals surface area contributed by atoms with Gasteiger partial charge in [0.1, 0.15) is 23.9 Å². The van der Waals surface area contributed by atoms with Crippen LogP contribution in [0.4, 0.5) is 0 Å². The number of hydrogen-bond donors (Lipinski definition) is 1. The number of carbonyl (C=O) groups is 2. The van der Waals surface area contributed by atoms with Crippen molar-refractivity contribution in [3.05, 3.63) is 76.5 Å². The molecular weight excluding hydrogens is 474 g/mol. The molecule has 0 saturated carbocycles. The topological polar surface area (TPSA) is 89.4 Å². The number of nitrogens with one attached hydrogen (secondary N) is 1. The van der Waals surface area contributed by atoms with Crippen molar-refractivity contribution in [3.63, 3.8) is 0 Å². The van der Waals surface area contributed by atoms with Crippen molar-refractivity contribution in [2.75, 3.05) is 7.11 Å². The number of thiophene rings is 1. The van der Waals surface area contributed by atoms with E-state index in [1.54, 1.807) is 28.0 Å². The summed E-state index contributed by atoms with van der Waals surface area (Å²) in [6, 6.07) is 17.8. The van der Waals surface area contributed by atoms with E-state index in [4.69, 9.17) is 4.74 Å². The molecule has 36 heavy (non-hydrogen) atoms. The number of nitrogens with zero attached hydrogens (tertiary/aromatic N) is 4. The Kier molecular flexibility index (Phi) is 7.69. The minimum atomic E-state index is -0.865. The Morgan fingerprint density at radius 1 is 1.14 bits per heavy atom. The summed E-state index contributed by atoms with van der Waals surface area (Å²) in [5.74, 6) is 0.130. The predicted octanol–water partition coefficient (Wildman–Crippen LogP) is 4.58. The minimum absolute atomic E-state index is 0.0448. The highest BCUT2D eigenvalue weighted by molar-refractivity contribution is 7.09. The van der Waals surface area contributed by atoms with Crippen LogP contribution in [-0.2, 0) is 22.7 Å². The second-order valence-electron chi connectivity index (χ2n) is 9.24. The van der Waals surface area contributed by atoms with Gasteiger partial charge in [0.15, 0.2) is 0 Å². The van der Waals surface area contributed by atoms with Crippen molar-refractivity contribution >= 4 is 34.2 Å². The van der Waals surface area contributed by atoms with E-state index < -0.39 is 11.6 Å². The van der Waals surface area contributed by atoms with Gasteiger partial charge >= 0.3 is 0 Å². The lowest BCUT2D eigenvalue weighted by Gasteiger charge is -2.34. The number of fused-ring (bicyclic) bond motifs is 1. The van der Waals surface area contributed by atoms with E-state index in [1.807, 2.05) is 86.8 Å². The lowest BCUT2D eigenvalue weighted by molar-refractivity contribution is -0.142. The van der Waals surface area contributed by atoms with Gasteiger partial charge in [0.2, 0.25) is 11.8 Å². The number of rotatable bonds is 10. The first-order valence-electron chi connectivity index (χ1n) is 11.9. The summed E-state index contributed by atoms with van der Waals surface area (Å²) in [7, 11) is 1.58. The highest BCUT2D eigenvalue weighted by Crippen LogP contribution is 2.29. The number of hydrogen-bond acceptors (Lipinski definition) is 6. The molecular formula is C27H31N5O3S. The van der Waals surface area contributed by atoms with Crippen LogP contribution in [0.15, 0.2) is 66.0 Å². The van der Waals surface area contributed by atoms with Crippen LogP contribution in [0.2, 0.25) is 0 Å². The van der Waals surface area contributed by atoms with Crippen LogP contribution < -0.4 is 10.1 Å². The molecule has 0 radical (unpaired) electrons. The molecule has 0 unspecified atom stereocenters. The Labute approximate surface area is 214 Å². The maximum absolute atomic E-state index is 13.9. The Morgan fingerprint density at radius 2 is 1.94 bits per heavy atom. The van der Waals surface area contributed by atoms with E-state index >= 15 is 0 Å². The number of amides is 2. The van der Waals surface area contributed by atoms with E-state index in [9.17, 15) is 9.59 Å². The molecule has 1 N–H and O–H groups in total. The lowest BCUT2D eigenvalue weighted by atomic mass is 9.98. The predicted molar refractivity (Wildman–Crippen MR) is 141 cm³/mol. The van der Waals surface area contributed by atoms with Gasteiger partial charge < -0.3 is 15.0 Å². The molecule has 1 atom stereocenters. The quantitative estimate of drug-likeness (QED) is 0.341. The van der Waals surface area contributed by atoms with Crippen LogP contribution in [0.25, 0.3) is 11.0 Å². The molecule has 4 aromatic rings. The maximum Gasteiger partial charge on any atom is 0.247 e. The third-order valence-electron chi connectivity index (χ3n) is 6.25. The summed E-state index contributed by atoms with van der Waals surface area (Å²) in [5.41, 5.74) is 1.71. The number of methoxy groups -OCH3 is 1. The summed E-state index contributed by atoms with van der Waals surface area (Å²) in [6.45, 7) is 6.20. The molecule has 188 valence electrons. The number of para-hydroxylation sites is 1. The fourth-order valence-corrected chi connectivity index (χ4v) is 4.62. The molecule has 4 rings (SSSR count). The fraction of sp³-hybridized carbons (Fsp3) is 0.333. The Balaban J connectivity index is 1.76. The number of ether oxygens (including phenoxy) is 1. The Hall–Kier alpha value is -3.72. The number of benzene rings is 2. The average Bonchev–Trinajstić information content (AvgIpc) is 3.54. The zero-order chi connectivity index (χ0) is 25.7. The molecule has 0 saturated heterocycles. The van der Waals surface area contributed by atoms with Crippen molar-refractivity contribution in [2.45, 2.75) is 51.9 Å². The van der Waals surface area contributed by atoms with Crippen LogP contribution in [-0.4, -0.2) is 44.4 Å². The summed E-state index contributed by atoms with van der Waals surface area (Å²) in [6.07, 6.45) is 0.743. The van der Waals surface area contributed by atoms with E-state index in [0.717, 1.165) is 16.8 Å². The molecule has 0 aliphatic heterocycles. The summed E-state index contributed by atoms with van der Waals surface area (Å²) >= 11 is 1.54. The second-order valence-corrected chi connectivity index (χ2v) is 10.3. The lowest BCUT2D eigenvalue weighted by Crippen LogP contribution is -2.50. The molecule has 0 aliphatic rings. The van der Waals surface area contributed by atoms with Crippen LogP contribution >= 0.6 is 11.3 Å². The van der Waals surface area contributed by atoms with Crippen molar-refractivity contribution < 1.29 is 14.3 Å². The van der Waals surface area contributed by atoms with Gasteiger partial charge in [-0.25, -0.2) is 4.68 Å². The number of carbonyl (C=O) groups excluding carboxylic acids is 2. The zero-order valence-electron chi connectivity index (χ0n) is 21.0. The molecule has 0 fully saturated rings. The monoisotopic (exact) mass is 505 g/mol. The largest absolute Gasteiger partial charge is 0.497 e. The SMILES string of the molecule is CCC(C)(C)NC(=O)[C@H](c1cccc(OC)c1)N(Cc1cccs1)C(=O)Cn1nnc2ccccc21. The second kappa shape index (κ2) is 10.9. The van der Waals surface area contributed by atoms with E-state index in [-0.39, 0.29) is 24.9 Å². The average molecular weight is 506 g/mol. The maximum atomic E-state index is 13.9.